The fraction of sp³-hybridized carbons (Fsp3) is 1.00. The Hall–Kier alpha value is -0.120. The maximum atomic E-state index is 9.15. The average molecular weight is 242 g/mol. The Bertz CT molecular complexity index is 233. The summed E-state index contributed by atoms with van der Waals surface area (Å²) in [5.41, 5.74) is 0.480. The highest BCUT2D eigenvalue weighted by molar-refractivity contribution is 4.84. The molecule has 0 aromatic carbocycles. The zero-order valence-corrected chi connectivity index (χ0v) is 12.2. The molecule has 0 spiro atoms. The molecule has 2 N–H and O–H groups in total. The normalized spacial score (nSPS) is 23.3. The number of aliphatic hydroxyl groups excluding tert-OH is 1. The number of nitrogens with one attached hydrogen (secondary N) is 1. The first kappa shape index (κ1) is 14.9. The maximum Gasteiger partial charge on any atom is 0.0471 e. The highest BCUT2D eigenvalue weighted by atomic mass is 16.3. The summed E-state index contributed by atoms with van der Waals surface area (Å²) in [6, 6.07) is 0. The standard InChI is InChI=1S/C14H30N2O/c1-13(2,3)15-10-14(4,5)11-16-7-6-12(8-16)9-17/h12,15,17H,6-11H2,1-5H3. The van der Waals surface area contributed by atoms with E-state index < -0.39 is 0 Å². The van der Waals surface area contributed by atoms with Gasteiger partial charge < -0.3 is 15.3 Å². The van der Waals surface area contributed by atoms with Crippen molar-refractivity contribution in [1.29, 1.82) is 0 Å². The first-order valence-electron chi connectivity index (χ1n) is 6.80. The van der Waals surface area contributed by atoms with Crippen LogP contribution in [0.1, 0.15) is 41.0 Å². The number of nitrogens with zero attached hydrogens (tertiary/aromatic N) is 1. The van der Waals surface area contributed by atoms with E-state index in [0.29, 0.717) is 12.5 Å². The van der Waals surface area contributed by atoms with Gasteiger partial charge in [-0.05, 0) is 45.1 Å². The Morgan fingerprint density at radius 2 is 1.88 bits per heavy atom. The fourth-order valence-corrected chi connectivity index (χ4v) is 2.37. The Morgan fingerprint density at radius 3 is 2.35 bits per heavy atom. The van der Waals surface area contributed by atoms with Crippen LogP contribution in [-0.2, 0) is 0 Å². The fourth-order valence-electron chi connectivity index (χ4n) is 2.37. The maximum absolute atomic E-state index is 9.15. The van der Waals surface area contributed by atoms with Crippen molar-refractivity contribution in [3.8, 4) is 0 Å². The van der Waals surface area contributed by atoms with E-state index in [9.17, 15) is 0 Å². The highest BCUT2D eigenvalue weighted by Crippen LogP contribution is 2.22. The molecule has 0 saturated carbocycles. The summed E-state index contributed by atoms with van der Waals surface area (Å²) in [5, 5.41) is 12.7. The monoisotopic (exact) mass is 242 g/mol. The Morgan fingerprint density at radius 1 is 1.24 bits per heavy atom. The van der Waals surface area contributed by atoms with Crippen LogP contribution in [0.4, 0.5) is 0 Å². The molecule has 1 aliphatic heterocycles. The molecule has 1 saturated heterocycles. The third-order valence-electron chi connectivity index (χ3n) is 3.38. The number of hydrogen-bond acceptors (Lipinski definition) is 3. The number of hydrogen-bond donors (Lipinski definition) is 2. The second-order valence-corrected chi connectivity index (χ2v) is 7.34. The quantitative estimate of drug-likeness (QED) is 0.770. The van der Waals surface area contributed by atoms with Gasteiger partial charge in [-0.25, -0.2) is 0 Å². The lowest BCUT2D eigenvalue weighted by atomic mass is 9.91. The molecule has 17 heavy (non-hydrogen) atoms. The van der Waals surface area contributed by atoms with Gasteiger partial charge in [-0.3, -0.25) is 0 Å². The van der Waals surface area contributed by atoms with Gasteiger partial charge >= 0.3 is 0 Å². The van der Waals surface area contributed by atoms with E-state index in [1.807, 2.05) is 0 Å². The van der Waals surface area contributed by atoms with Crippen LogP contribution in [0.25, 0.3) is 0 Å². The summed E-state index contributed by atoms with van der Waals surface area (Å²) in [7, 11) is 0. The van der Waals surface area contributed by atoms with Crippen LogP contribution in [-0.4, -0.2) is 48.3 Å². The smallest absolute Gasteiger partial charge is 0.0471 e. The van der Waals surface area contributed by atoms with Gasteiger partial charge in [-0.1, -0.05) is 13.8 Å². The lowest BCUT2D eigenvalue weighted by Crippen LogP contribution is -2.46. The van der Waals surface area contributed by atoms with E-state index in [2.05, 4.69) is 44.8 Å². The summed E-state index contributed by atoms with van der Waals surface area (Å²) in [5.74, 6) is 0.501. The molecule has 1 heterocycles. The number of aliphatic hydroxyl groups is 1. The van der Waals surface area contributed by atoms with Crippen molar-refractivity contribution in [1.82, 2.24) is 10.2 Å². The topological polar surface area (TPSA) is 35.5 Å². The molecule has 1 aliphatic rings. The van der Waals surface area contributed by atoms with Crippen LogP contribution >= 0.6 is 0 Å². The molecule has 0 radical (unpaired) electrons. The summed E-state index contributed by atoms with van der Waals surface area (Å²) in [6.45, 7) is 16.0. The van der Waals surface area contributed by atoms with Crippen molar-refractivity contribution in [2.45, 2.75) is 46.6 Å². The molecule has 3 heteroatoms. The van der Waals surface area contributed by atoms with Crippen LogP contribution in [0, 0.1) is 11.3 Å². The van der Waals surface area contributed by atoms with Crippen LogP contribution in [0.5, 0.6) is 0 Å². The molecule has 0 aliphatic carbocycles. The van der Waals surface area contributed by atoms with E-state index >= 15 is 0 Å². The molecular formula is C14H30N2O. The van der Waals surface area contributed by atoms with E-state index in [1.165, 1.54) is 0 Å². The van der Waals surface area contributed by atoms with Gasteiger partial charge in [-0.15, -0.1) is 0 Å². The molecule has 0 aromatic heterocycles. The first-order chi connectivity index (χ1) is 7.72. The zero-order valence-electron chi connectivity index (χ0n) is 12.2. The lowest BCUT2D eigenvalue weighted by Gasteiger charge is -2.33. The van der Waals surface area contributed by atoms with E-state index in [0.717, 1.165) is 32.6 Å². The Kier molecular flexibility index (Phi) is 4.99. The molecule has 1 unspecified atom stereocenters. The predicted molar refractivity (Wildman–Crippen MR) is 73.2 cm³/mol. The van der Waals surface area contributed by atoms with Crippen molar-refractivity contribution >= 4 is 0 Å². The van der Waals surface area contributed by atoms with Gasteiger partial charge in [0, 0.05) is 31.8 Å². The van der Waals surface area contributed by atoms with Crippen molar-refractivity contribution < 1.29 is 5.11 Å². The first-order valence-corrected chi connectivity index (χ1v) is 6.80. The predicted octanol–water partition coefficient (Wildman–Crippen LogP) is 1.71. The molecule has 1 rings (SSSR count). The second kappa shape index (κ2) is 5.68. The second-order valence-electron chi connectivity index (χ2n) is 7.34. The van der Waals surface area contributed by atoms with Crippen molar-refractivity contribution in [3.63, 3.8) is 0 Å². The SMILES string of the molecule is CC(C)(CNC(C)(C)C)CN1CCC(CO)C1. The van der Waals surface area contributed by atoms with Crippen LogP contribution < -0.4 is 5.32 Å². The Labute approximate surface area is 107 Å². The minimum absolute atomic E-state index is 0.190. The molecule has 1 fully saturated rings. The summed E-state index contributed by atoms with van der Waals surface area (Å²) in [6.07, 6.45) is 1.15. The van der Waals surface area contributed by atoms with Gasteiger partial charge in [0.15, 0.2) is 0 Å². The summed E-state index contributed by atoms with van der Waals surface area (Å²) < 4.78 is 0. The van der Waals surface area contributed by atoms with Gasteiger partial charge in [0.25, 0.3) is 0 Å². The van der Waals surface area contributed by atoms with Crippen LogP contribution in [0.3, 0.4) is 0 Å². The van der Waals surface area contributed by atoms with E-state index in [1.54, 1.807) is 0 Å². The van der Waals surface area contributed by atoms with Crippen molar-refractivity contribution in [2.75, 3.05) is 32.8 Å². The third-order valence-corrected chi connectivity index (χ3v) is 3.38. The molecule has 102 valence electrons. The number of likely N-dealkylation sites (tertiary alicyclic amines) is 1. The molecule has 3 nitrogen and oxygen atoms in total. The molecular weight excluding hydrogens is 212 g/mol. The minimum atomic E-state index is 0.190. The minimum Gasteiger partial charge on any atom is -0.396 e. The zero-order chi connectivity index (χ0) is 13.1. The molecule has 0 bridgehead atoms. The highest BCUT2D eigenvalue weighted by Gasteiger charge is 2.28. The lowest BCUT2D eigenvalue weighted by molar-refractivity contribution is 0.174. The van der Waals surface area contributed by atoms with Gasteiger partial charge in [0.2, 0.25) is 0 Å². The van der Waals surface area contributed by atoms with Crippen molar-refractivity contribution in [3.05, 3.63) is 0 Å². The van der Waals surface area contributed by atoms with E-state index in [-0.39, 0.29) is 11.0 Å². The molecule has 0 amide bonds. The summed E-state index contributed by atoms with van der Waals surface area (Å²) in [4.78, 5) is 2.49. The molecule has 0 aromatic rings. The van der Waals surface area contributed by atoms with Gasteiger partial charge in [0.1, 0.15) is 0 Å². The van der Waals surface area contributed by atoms with Crippen molar-refractivity contribution in [2.24, 2.45) is 11.3 Å². The van der Waals surface area contributed by atoms with Gasteiger partial charge in [0.05, 0.1) is 0 Å². The number of rotatable bonds is 5. The van der Waals surface area contributed by atoms with Gasteiger partial charge in [-0.2, -0.15) is 0 Å². The van der Waals surface area contributed by atoms with Crippen LogP contribution in [0.2, 0.25) is 0 Å². The summed E-state index contributed by atoms with van der Waals surface area (Å²) >= 11 is 0. The largest absolute Gasteiger partial charge is 0.396 e. The van der Waals surface area contributed by atoms with Crippen LogP contribution in [0.15, 0.2) is 0 Å². The van der Waals surface area contributed by atoms with E-state index in [4.69, 9.17) is 5.11 Å². The molecule has 1 atom stereocenters. The average Bonchev–Trinajstić information content (AvgIpc) is 2.61. The third kappa shape index (κ3) is 5.84. The Balaban J connectivity index is 2.34.